The zero-order valence-corrected chi connectivity index (χ0v) is 14.3. The second-order valence-electron chi connectivity index (χ2n) is 7.05. The maximum atomic E-state index is 12.5. The lowest BCUT2D eigenvalue weighted by Gasteiger charge is -2.35. The highest BCUT2D eigenvalue weighted by molar-refractivity contribution is 5.76. The third-order valence-electron chi connectivity index (χ3n) is 3.75. The summed E-state index contributed by atoms with van der Waals surface area (Å²) in [4.78, 5) is 26.7. The minimum absolute atomic E-state index is 0.0165. The Hall–Kier alpha value is -1.63. The monoisotopic (exact) mass is 310 g/mol. The van der Waals surface area contributed by atoms with Crippen LogP contribution >= 0.6 is 0 Å². The Morgan fingerprint density at radius 1 is 1.27 bits per heavy atom. The van der Waals surface area contributed by atoms with Crippen LogP contribution in [-0.2, 0) is 21.6 Å². The quantitative estimate of drug-likeness (QED) is 0.808. The van der Waals surface area contributed by atoms with Crippen LogP contribution in [0.5, 0.6) is 0 Å². The SMILES string of the molecule is Cc1nn(C(C)(C)C)c(=O)n1CC(=O)N1C[C@@H](C)O[C@H](C)C1. The second kappa shape index (κ2) is 5.87. The fourth-order valence-electron chi connectivity index (χ4n) is 2.73. The van der Waals surface area contributed by atoms with Crippen molar-refractivity contribution >= 4 is 5.91 Å². The molecular formula is C15H26N4O3. The molecule has 0 aromatic carbocycles. The molecule has 7 nitrogen and oxygen atoms in total. The molecule has 1 aromatic heterocycles. The molecule has 1 saturated heterocycles. The van der Waals surface area contributed by atoms with Crippen molar-refractivity contribution in [3.05, 3.63) is 16.3 Å². The van der Waals surface area contributed by atoms with Crippen LogP contribution in [0.2, 0.25) is 0 Å². The van der Waals surface area contributed by atoms with Crippen molar-refractivity contribution in [2.24, 2.45) is 0 Å². The number of ether oxygens (including phenoxy) is 1. The molecule has 2 atom stereocenters. The van der Waals surface area contributed by atoms with Gasteiger partial charge in [0.05, 0.1) is 17.7 Å². The third kappa shape index (κ3) is 3.40. The Bertz CT molecular complexity index is 601. The van der Waals surface area contributed by atoms with Gasteiger partial charge in [0, 0.05) is 13.1 Å². The molecule has 1 aliphatic rings. The van der Waals surface area contributed by atoms with Crippen molar-refractivity contribution in [3.63, 3.8) is 0 Å². The summed E-state index contributed by atoms with van der Waals surface area (Å²) in [6.07, 6.45) is 0.0330. The standard InChI is InChI=1S/C15H26N4O3/c1-10-7-17(8-11(2)22-10)13(20)9-18-12(3)16-19(14(18)21)15(4,5)6/h10-11H,7-9H2,1-6H3/t10-,11-/m1/s1. The molecule has 0 unspecified atom stereocenters. The first-order chi connectivity index (χ1) is 10.1. The molecule has 2 rings (SSSR count). The van der Waals surface area contributed by atoms with Gasteiger partial charge in [-0.3, -0.25) is 9.36 Å². The lowest BCUT2D eigenvalue weighted by molar-refractivity contribution is -0.143. The number of hydrogen-bond donors (Lipinski definition) is 0. The molecule has 0 radical (unpaired) electrons. The highest BCUT2D eigenvalue weighted by Gasteiger charge is 2.28. The van der Waals surface area contributed by atoms with Crippen molar-refractivity contribution in [1.29, 1.82) is 0 Å². The van der Waals surface area contributed by atoms with Crippen molar-refractivity contribution in [3.8, 4) is 0 Å². The summed E-state index contributed by atoms with van der Waals surface area (Å²) in [6.45, 7) is 12.5. The van der Waals surface area contributed by atoms with Crippen molar-refractivity contribution in [2.45, 2.75) is 65.8 Å². The number of morpholine rings is 1. The third-order valence-corrected chi connectivity index (χ3v) is 3.75. The van der Waals surface area contributed by atoms with Crippen LogP contribution in [0.3, 0.4) is 0 Å². The maximum Gasteiger partial charge on any atom is 0.346 e. The van der Waals surface area contributed by atoms with Crippen LogP contribution in [0.15, 0.2) is 4.79 Å². The first kappa shape index (κ1) is 16.7. The molecule has 0 saturated carbocycles. The summed E-state index contributed by atoms with van der Waals surface area (Å²) in [5.41, 5.74) is -0.647. The van der Waals surface area contributed by atoms with Crippen LogP contribution in [0.4, 0.5) is 0 Å². The molecule has 0 spiro atoms. The molecule has 1 fully saturated rings. The molecule has 124 valence electrons. The van der Waals surface area contributed by atoms with Gasteiger partial charge in [-0.05, 0) is 41.5 Å². The van der Waals surface area contributed by atoms with E-state index >= 15 is 0 Å². The molecule has 22 heavy (non-hydrogen) atoms. The van der Waals surface area contributed by atoms with Gasteiger partial charge in [0.15, 0.2) is 0 Å². The zero-order chi connectivity index (χ0) is 16.7. The van der Waals surface area contributed by atoms with Crippen LogP contribution in [-0.4, -0.2) is 50.5 Å². The van der Waals surface area contributed by atoms with Crippen molar-refractivity contribution in [1.82, 2.24) is 19.2 Å². The average molecular weight is 310 g/mol. The van der Waals surface area contributed by atoms with Gasteiger partial charge in [0.1, 0.15) is 12.4 Å². The normalized spacial score (nSPS) is 22.9. The number of nitrogens with zero attached hydrogens (tertiary/aromatic N) is 4. The van der Waals surface area contributed by atoms with Gasteiger partial charge in [-0.1, -0.05) is 0 Å². The summed E-state index contributed by atoms with van der Waals surface area (Å²) >= 11 is 0. The van der Waals surface area contributed by atoms with E-state index in [2.05, 4.69) is 5.10 Å². The van der Waals surface area contributed by atoms with Gasteiger partial charge in [-0.2, -0.15) is 5.10 Å². The minimum atomic E-state index is -0.405. The highest BCUT2D eigenvalue weighted by atomic mass is 16.5. The van der Waals surface area contributed by atoms with E-state index in [0.29, 0.717) is 18.9 Å². The molecule has 1 amide bonds. The molecule has 1 aromatic rings. The van der Waals surface area contributed by atoms with Gasteiger partial charge in [-0.15, -0.1) is 0 Å². The summed E-state index contributed by atoms with van der Waals surface area (Å²) in [6, 6.07) is 0. The van der Waals surface area contributed by atoms with Crippen molar-refractivity contribution in [2.75, 3.05) is 13.1 Å². The minimum Gasteiger partial charge on any atom is -0.372 e. The van der Waals surface area contributed by atoms with E-state index in [9.17, 15) is 9.59 Å². The predicted octanol–water partition coefficient (Wildman–Crippen LogP) is 0.744. The van der Waals surface area contributed by atoms with Crippen LogP contribution in [0.1, 0.15) is 40.4 Å². The molecule has 0 N–H and O–H groups in total. The van der Waals surface area contributed by atoms with Gasteiger partial charge >= 0.3 is 5.69 Å². The van der Waals surface area contributed by atoms with Crippen molar-refractivity contribution < 1.29 is 9.53 Å². The van der Waals surface area contributed by atoms with E-state index in [0.717, 1.165) is 0 Å². The summed E-state index contributed by atoms with van der Waals surface area (Å²) in [5.74, 6) is 0.489. The van der Waals surface area contributed by atoms with Gasteiger partial charge in [0.25, 0.3) is 0 Å². The Labute approximate surface area is 130 Å². The Kier molecular flexibility index (Phi) is 4.47. The summed E-state index contributed by atoms with van der Waals surface area (Å²) in [5, 5.41) is 4.28. The first-order valence-corrected chi connectivity index (χ1v) is 7.69. The van der Waals surface area contributed by atoms with E-state index in [4.69, 9.17) is 4.74 Å². The second-order valence-corrected chi connectivity index (χ2v) is 7.05. The lowest BCUT2D eigenvalue weighted by Crippen LogP contribution is -2.49. The van der Waals surface area contributed by atoms with Crippen LogP contribution < -0.4 is 5.69 Å². The number of carbonyl (C=O) groups excluding carboxylic acids is 1. The molecule has 1 aliphatic heterocycles. The van der Waals surface area contributed by atoms with Gasteiger partial charge < -0.3 is 9.64 Å². The number of rotatable bonds is 2. The van der Waals surface area contributed by atoms with Gasteiger partial charge in [0.2, 0.25) is 5.91 Å². The number of aromatic nitrogens is 3. The molecule has 2 heterocycles. The number of amides is 1. The van der Waals surface area contributed by atoms with Crippen LogP contribution in [0.25, 0.3) is 0 Å². The lowest BCUT2D eigenvalue weighted by atomic mass is 10.1. The first-order valence-electron chi connectivity index (χ1n) is 7.69. The summed E-state index contributed by atoms with van der Waals surface area (Å²) in [7, 11) is 0. The highest BCUT2D eigenvalue weighted by Crippen LogP contribution is 2.12. The maximum absolute atomic E-state index is 12.5. The van der Waals surface area contributed by atoms with Gasteiger partial charge in [-0.25, -0.2) is 9.48 Å². The largest absolute Gasteiger partial charge is 0.372 e. The topological polar surface area (TPSA) is 69.4 Å². The van der Waals surface area contributed by atoms with Crippen LogP contribution in [0, 0.1) is 6.92 Å². The average Bonchev–Trinajstić information content (AvgIpc) is 2.65. The molecular weight excluding hydrogens is 284 g/mol. The molecule has 7 heteroatoms. The van der Waals surface area contributed by atoms with E-state index in [1.807, 2.05) is 34.6 Å². The van der Waals surface area contributed by atoms with E-state index in [1.54, 1.807) is 11.8 Å². The Morgan fingerprint density at radius 2 is 1.82 bits per heavy atom. The van der Waals surface area contributed by atoms with E-state index in [-0.39, 0.29) is 30.3 Å². The predicted molar refractivity (Wildman–Crippen MR) is 82.8 cm³/mol. The summed E-state index contributed by atoms with van der Waals surface area (Å²) < 4.78 is 8.51. The Balaban J connectivity index is 2.19. The Morgan fingerprint density at radius 3 is 2.27 bits per heavy atom. The smallest absolute Gasteiger partial charge is 0.346 e. The fraction of sp³-hybridized carbons (Fsp3) is 0.800. The van der Waals surface area contributed by atoms with E-state index in [1.165, 1.54) is 9.25 Å². The number of hydrogen-bond acceptors (Lipinski definition) is 4. The molecule has 0 aliphatic carbocycles. The number of aryl methyl sites for hydroxylation is 1. The van der Waals surface area contributed by atoms with E-state index < -0.39 is 5.54 Å². The number of carbonyl (C=O) groups is 1. The fourth-order valence-corrected chi connectivity index (χ4v) is 2.73. The molecule has 0 bridgehead atoms. The zero-order valence-electron chi connectivity index (χ0n) is 14.3.